The van der Waals surface area contributed by atoms with E-state index in [0.29, 0.717) is 11.1 Å². The number of imide groups is 1. The number of nitrogens with zero attached hydrogens (tertiary/aromatic N) is 2. The minimum atomic E-state index is -0.286. The number of aromatic nitrogens is 1. The molecule has 19 heavy (non-hydrogen) atoms. The van der Waals surface area contributed by atoms with Gasteiger partial charge in [0.1, 0.15) is 0 Å². The second kappa shape index (κ2) is 4.49. The van der Waals surface area contributed by atoms with Gasteiger partial charge in [0.2, 0.25) is 0 Å². The van der Waals surface area contributed by atoms with Crippen molar-refractivity contribution in [2.75, 3.05) is 0 Å². The smallest absolute Gasteiger partial charge is 0.265 e. The summed E-state index contributed by atoms with van der Waals surface area (Å²) in [6, 6.07) is 10.4. The molecule has 1 aromatic carbocycles. The van der Waals surface area contributed by atoms with Gasteiger partial charge in [-0.15, -0.1) is 0 Å². The summed E-state index contributed by atoms with van der Waals surface area (Å²) in [6.07, 6.45) is 6.52. The summed E-state index contributed by atoms with van der Waals surface area (Å²) >= 11 is 0. The van der Waals surface area contributed by atoms with Gasteiger partial charge < -0.3 is 0 Å². The first-order valence-electron chi connectivity index (χ1n) is 5.82. The summed E-state index contributed by atoms with van der Waals surface area (Å²) in [5.74, 6) is -0.572. The number of pyridine rings is 1. The monoisotopic (exact) mass is 250 g/mol. The normalized spacial score (nSPS) is 14.2. The molecule has 0 aliphatic carbocycles. The Morgan fingerprint density at radius 1 is 0.895 bits per heavy atom. The first-order valence-corrected chi connectivity index (χ1v) is 5.82. The summed E-state index contributed by atoms with van der Waals surface area (Å²) in [7, 11) is 0. The third kappa shape index (κ3) is 1.93. The van der Waals surface area contributed by atoms with Crippen LogP contribution in [0.5, 0.6) is 0 Å². The Kier molecular flexibility index (Phi) is 2.68. The lowest BCUT2D eigenvalue weighted by Crippen LogP contribution is -2.23. The Hall–Kier alpha value is -2.75. The standard InChI is InChI=1S/C15H10N2O2/c18-14-12-3-1-2-4-13(12)15(19)17(14)10-7-11-5-8-16-9-6-11/h1-10H/b10-7+. The average Bonchev–Trinajstić information content (AvgIpc) is 2.71. The maximum atomic E-state index is 12.1. The Balaban J connectivity index is 1.91. The first-order chi connectivity index (χ1) is 9.27. The minimum absolute atomic E-state index is 0.286. The molecule has 0 atom stereocenters. The summed E-state index contributed by atoms with van der Waals surface area (Å²) in [6.45, 7) is 0. The van der Waals surface area contributed by atoms with Crippen molar-refractivity contribution in [2.24, 2.45) is 0 Å². The average molecular weight is 250 g/mol. The Labute approximate surface area is 110 Å². The highest BCUT2D eigenvalue weighted by atomic mass is 16.2. The van der Waals surface area contributed by atoms with Gasteiger partial charge in [0.05, 0.1) is 11.1 Å². The molecule has 2 heterocycles. The fourth-order valence-electron chi connectivity index (χ4n) is 1.98. The molecular formula is C15H10N2O2. The van der Waals surface area contributed by atoms with E-state index in [-0.39, 0.29) is 11.8 Å². The summed E-state index contributed by atoms with van der Waals surface area (Å²) < 4.78 is 0. The number of fused-ring (bicyclic) bond motifs is 1. The molecule has 0 unspecified atom stereocenters. The summed E-state index contributed by atoms with van der Waals surface area (Å²) in [4.78, 5) is 29.2. The van der Waals surface area contributed by atoms with Crippen molar-refractivity contribution >= 4 is 17.9 Å². The lowest BCUT2D eigenvalue weighted by atomic mass is 10.1. The second-order valence-corrected chi connectivity index (χ2v) is 4.12. The van der Waals surface area contributed by atoms with Crippen molar-refractivity contribution in [3.8, 4) is 0 Å². The zero-order valence-electron chi connectivity index (χ0n) is 9.98. The van der Waals surface area contributed by atoms with Crippen LogP contribution >= 0.6 is 0 Å². The van der Waals surface area contributed by atoms with Crippen LogP contribution in [-0.4, -0.2) is 21.7 Å². The van der Waals surface area contributed by atoms with Crippen molar-refractivity contribution in [3.05, 3.63) is 71.7 Å². The number of hydrogen-bond acceptors (Lipinski definition) is 3. The Morgan fingerprint density at radius 2 is 1.47 bits per heavy atom. The molecule has 0 radical (unpaired) electrons. The number of carbonyl (C=O) groups is 2. The fourth-order valence-corrected chi connectivity index (χ4v) is 1.98. The minimum Gasteiger partial charge on any atom is -0.268 e. The van der Waals surface area contributed by atoms with E-state index in [1.54, 1.807) is 54.9 Å². The Morgan fingerprint density at radius 3 is 2.05 bits per heavy atom. The van der Waals surface area contributed by atoms with Crippen LogP contribution in [0.4, 0.5) is 0 Å². The van der Waals surface area contributed by atoms with Crippen LogP contribution in [0.25, 0.3) is 6.08 Å². The van der Waals surface area contributed by atoms with Gasteiger partial charge >= 0.3 is 0 Å². The first kappa shape index (κ1) is 11.3. The van der Waals surface area contributed by atoms with E-state index < -0.39 is 0 Å². The molecule has 4 heteroatoms. The van der Waals surface area contributed by atoms with E-state index in [0.717, 1.165) is 10.5 Å². The van der Waals surface area contributed by atoms with Crippen LogP contribution in [0.1, 0.15) is 26.3 Å². The van der Waals surface area contributed by atoms with Gasteiger partial charge in [-0.05, 0) is 35.9 Å². The van der Waals surface area contributed by atoms with Crippen LogP contribution in [0.15, 0.2) is 55.0 Å². The molecule has 0 bridgehead atoms. The molecule has 0 spiro atoms. The van der Waals surface area contributed by atoms with Crippen LogP contribution < -0.4 is 0 Å². The zero-order chi connectivity index (χ0) is 13.2. The molecule has 0 saturated heterocycles. The molecule has 1 aromatic heterocycles. The number of hydrogen-bond donors (Lipinski definition) is 0. The van der Waals surface area contributed by atoms with Gasteiger partial charge in [0.25, 0.3) is 11.8 Å². The number of rotatable bonds is 2. The molecule has 4 nitrogen and oxygen atoms in total. The van der Waals surface area contributed by atoms with Gasteiger partial charge in [-0.25, -0.2) is 4.90 Å². The van der Waals surface area contributed by atoms with Crippen molar-refractivity contribution in [1.29, 1.82) is 0 Å². The third-order valence-electron chi connectivity index (χ3n) is 2.95. The van der Waals surface area contributed by atoms with E-state index in [9.17, 15) is 9.59 Å². The largest absolute Gasteiger partial charge is 0.268 e. The Bertz CT molecular complexity index is 643. The van der Waals surface area contributed by atoms with E-state index in [1.165, 1.54) is 6.20 Å². The van der Waals surface area contributed by atoms with Crippen LogP contribution in [0.3, 0.4) is 0 Å². The van der Waals surface area contributed by atoms with Crippen molar-refractivity contribution in [3.63, 3.8) is 0 Å². The van der Waals surface area contributed by atoms with Gasteiger partial charge in [-0.2, -0.15) is 0 Å². The molecule has 3 rings (SSSR count). The molecule has 0 N–H and O–H groups in total. The van der Waals surface area contributed by atoms with Gasteiger partial charge in [0, 0.05) is 18.6 Å². The maximum absolute atomic E-state index is 12.1. The van der Waals surface area contributed by atoms with Crippen molar-refractivity contribution < 1.29 is 9.59 Å². The lowest BCUT2D eigenvalue weighted by Gasteiger charge is -2.06. The fraction of sp³-hybridized carbons (Fsp3) is 0. The van der Waals surface area contributed by atoms with E-state index in [2.05, 4.69) is 4.98 Å². The van der Waals surface area contributed by atoms with E-state index in [1.807, 2.05) is 0 Å². The lowest BCUT2D eigenvalue weighted by molar-refractivity contribution is 0.0722. The molecule has 92 valence electrons. The molecule has 1 aliphatic heterocycles. The van der Waals surface area contributed by atoms with Crippen molar-refractivity contribution in [1.82, 2.24) is 9.88 Å². The highest BCUT2D eigenvalue weighted by molar-refractivity contribution is 6.22. The highest BCUT2D eigenvalue weighted by Crippen LogP contribution is 2.22. The highest BCUT2D eigenvalue weighted by Gasteiger charge is 2.33. The summed E-state index contributed by atoms with van der Waals surface area (Å²) in [5, 5.41) is 0. The van der Waals surface area contributed by atoms with E-state index >= 15 is 0 Å². The topological polar surface area (TPSA) is 50.3 Å². The predicted octanol–water partition coefficient (Wildman–Crippen LogP) is 2.35. The quantitative estimate of drug-likeness (QED) is 0.769. The van der Waals surface area contributed by atoms with Crippen LogP contribution in [0.2, 0.25) is 0 Å². The van der Waals surface area contributed by atoms with E-state index in [4.69, 9.17) is 0 Å². The number of amides is 2. The zero-order valence-corrected chi connectivity index (χ0v) is 9.98. The van der Waals surface area contributed by atoms with Gasteiger partial charge in [-0.1, -0.05) is 12.1 Å². The molecule has 0 saturated carbocycles. The summed E-state index contributed by atoms with van der Waals surface area (Å²) in [5.41, 5.74) is 1.78. The SMILES string of the molecule is O=C1c2ccccc2C(=O)N1/C=C/c1ccncc1. The molecule has 1 aliphatic rings. The molecule has 2 amide bonds. The molecule has 2 aromatic rings. The predicted molar refractivity (Wildman–Crippen MR) is 70.2 cm³/mol. The number of benzene rings is 1. The second-order valence-electron chi connectivity index (χ2n) is 4.12. The van der Waals surface area contributed by atoms with Crippen LogP contribution in [0, 0.1) is 0 Å². The maximum Gasteiger partial charge on any atom is 0.265 e. The molecular weight excluding hydrogens is 240 g/mol. The van der Waals surface area contributed by atoms with Crippen LogP contribution in [-0.2, 0) is 0 Å². The number of carbonyl (C=O) groups excluding carboxylic acids is 2. The van der Waals surface area contributed by atoms with Crippen molar-refractivity contribution in [2.45, 2.75) is 0 Å². The van der Waals surface area contributed by atoms with Gasteiger partial charge in [0.15, 0.2) is 0 Å². The molecule has 0 fully saturated rings. The third-order valence-corrected chi connectivity index (χ3v) is 2.95. The van der Waals surface area contributed by atoms with Gasteiger partial charge in [-0.3, -0.25) is 14.6 Å².